The molecule has 0 bridgehead atoms. The molecule has 1 aliphatic carbocycles. The van der Waals surface area contributed by atoms with Crippen molar-refractivity contribution in [2.45, 2.75) is 78.7 Å². The molecular formula is C32H47ClFN5O. The average Bonchev–Trinajstić information content (AvgIpc) is 3.46. The van der Waals surface area contributed by atoms with Crippen molar-refractivity contribution in [3.05, 3.63) is 65.0 Å². The Balaban J connectivity index is 1.76. The van der Waals surface area contributed by atoms with Crippen LogP contribution in [-0.4, -0.2) is 63.7 Å². The van der Waals surface area contributed by atoms with Gasteiger partial charge in [0.05, 0.1) is 5.70 Å². The quantitative estimate of drug-likeness (QED) is 0.293. The third-order valence-electron chi connectivity index (χ3n) is 8.47. The molecular weight excluding hydrogens is 525 g/mol. The number of likely N-dealkylation sites (tertiary alicyclic amines) is 1. The zero-order valence-electron chi connectivity index (χ0n) is 25.3. The van der Waals surface area contributed by atoms with Crippen molar-refractivity contribution in [3.63, 3.8) is 0 Å². The van der Waals surface area contributed by atoms with Crippen LogP contribution < -0.4 is 0 Å². The van der Waals surface area contributed by atoms with Gasteiger partial charge in [0.2, 0.25) is 5.91 Å². The van der Waals surface area contributed by atoms with Gasteiger partial charge in [-0.1, -0.05) is 42.8 Å². The monoisotopic (exact) mass is 571 g/mol. The number of aromatic nitrogens is 3. The van der Waals surface area contributed by atoms with Crippen molar-refractivity contribution in [1.82, 2.24) is 24.6 Å². The van der Waals surface area contributed by atoms with Crippen LogP contribution in [0.5, 0.6) is 0 Å². The molecule has 1 aromatic heterocycles. The van der Waals surface area contributed by atoms with E-state index in [2.05, 4.69) is 30.7 Å². The molecule has 0 N–H and O–H groups in total. The first kappa shape index (κ1) is 32.0. The Morgan fingerprint density at radius 1 is 1.20 bits per heavy atom. The topological polar surface area (TPSA) is 54.3 Å². The molecule has 1 saturated heterocycles. The SMILES string of the molecule is C=C(C=CC(Cl)=C(C)C)n1nc(C)nc1C1CCCN(C(=O)C2CC(N(C)C)CC2C(C)C(F)=CC=CC)CC1. The predicted octanol–water partition coefficient (Wildman–Crippen LogP) is 7.26. The fourth-order valence-electron chi connectivity index (χ4n) is 5.97. The van der Waals surface area contributed by atoms with Crippen LogP contribution in [0.3, 0.4) is 0 Å². The molecule has 5 atom stereocenters. The summed E-state index contributed by atoms with van der Waals surface area (Å²) in [4.78, 5) is 22.9. The summed E-state index contributed by atoms with van der Waals surface area (Å²) in [5.74, 6) is 1.26. The largest absolute Gasteiger partial charge is 0.342 e. The van der Waals surface area contributed by atoms with Gasteiger partial charge >= 0.3 is 0 Å². The number of aryl methyl sites for hydroxylation is 1. The number of halogens is 2. The van der Waals surface area contributed by atoms with E-state index >= 15 is 4.39 Å². The third-order valence-corrected chi connectivity index (χ3v) is 8.98. The van der Waals surface area contributed by atoms with Crippen LogP contribution in [0, 0.1) is 24.7 Å². The molecule has 0 spiro atoms. The van der Waals surface area contributed by atoms with Gasteiger partial charge in [-0.25, -0.2) is 14.1 Å². The molecule has 2 fully saturated rings. The lowest BCUT2D eigenvalue weighted by atomic mass is 9.83. The van der Waals surface area contributed by atoms with Gasteiger partial charge in [-0.15, -0.1) is 0 Å². The van der Waals surface area contributed by atoms with Crippen molar-refractivity contribution in [2.75, 3.05) is 27.2 Å². The van der Waals surface area contributed by atoms with Crippen LogP contribution in [0.2, 0.25) is 0 Å². The van der Waals surface area contributed by atoms with E-state index in [1.54, 1.807) is 12.2 Å². The van der Waals surface area contributed by atoms with E-state index in [0.717, 1.165) is 43.5 Å². The second-order valence-electron chi connectivity index (χ2n) is 11.8. The molecule has 8 heteroatoms. The minimum absolute atomic E-state index is 0.0195. The number of amides is 1. The maximum atomic E-state index is 15.0. The second kappa shape index (κ2) is 14.4. The van der Waals surface area contributed by atoms with Crippen LogP contribution in [0.1, 0.15) is 77.4 Å². The zero-order chi connectivity index (χ0) is 29.6. The van der Waals surface area contributed by atoms with Crippen LogP contribution in [0.25, 0.3) is 5.70 Å². The lowest BCUT2D eigenvalue weighted by Crippen LogP contribution is -2.39. The van der Waals surface area contributed by atoms with Crippen molar-refractivity contribution in [3.8, 4) is 0 Å². The Bertz CT molecular complexity index is 1180. The molecule has 1 aromatic rings. The van der Waals surface area contributed by atoms with Gasteiger partial charge in [-0.2, -0.15) is 5.10 Å². The molecule has 0 aromatic carbocycles. The van der Waals surface area contributed by atoms with E-state index in [0.29, 0.717) is 29.6 Å². The van der Waals surface area contributed by atoms with E-state index in [1.807, 2.05) is 62.4 Å². The first-order valence-corrected chi connectivity index (χ1v) is 14.9. The van der Waals surface area contributed by atoms with E-state index in [1.165, 1.54) is 0 Å². The van der Waals surface area contributed by atoms with Gasteiger partial charge in [-0.05, 0) is 98.0 Å². The Hall–Kier alpha value is -2.51. The Morgan fingerprint density at radius 2 is 1.93 bits per heavy atom. The number of hydrogen-bond donors (Lipinski definition) is 0. The van der Waals surface area contributed by atoms with Gasteiger partial charge in [-0.3, -0.25) is 4.79 Å². The number of hydrogen-bond acceptors (Lipinski definition) is 4. The van der Waals surface area contributed by atoms with Crippen LogP contribution in [-0.2, 0) is 4.79 Å². The summed E-state index contributed by atoms with van der Waals surface area (Å²) in [6.07, 6.45) is 13.0. The maximum absolute atomic E-state index is 15.0. The highest BCUT2D eigenvalue weighted by molar-refractivity contribution is 6.31. The highest BCUT2D eigenvalue weighted by atomic mass is 35.5. The average molecular weight is 572 g/mol. The number of carbonyl (C=O) groups excluding carboxylic acids is 1. The number of allylic oxidation sites excluding steroid dienone is 9. The van der Waals surface area contributed by atoms with E-state index in [-0.39, 0.29) is 41.4 Å². The minimum Gasteiger partial charge on any atom is -0.342 e. The van der Waals surface area contributed by atoms with Gasteiger partial charge < -0.3 is 9.80 Å². The smallest absolute Gasteiger partial charge is 0.226 e. The summed E-state index contributed by atoms with van der Waals surface area (Å²) in [5, 5.41) is 5.29. The first-order chi connectivity index (χ1) is 18.9. The molecule has 1 aliphatic heterocycles. The van der Waals surface area contributed by atoms with Gasteiger partial charge in [0.1, 0.15) is 17.5 Å². The summed E-state index contributed by atoms with van der Waals surface area (Å²) in [7, 11) is 4.10. The summed E-state index contributed by atoms with van der Waals surface area (Å²) < 4.78 is 16.8. The van der Waals surface area contributed by atoms with Crippen molar-refractivity contribution >= 4 is 23.2 Å². The fraction of sp³-hybridized carbons (Fsp3) is 0.594. The van der Waals surface area contributed by atoms with E-state index in [9.17, 15) is 4.79 Å². The van der Waals surface area contributed by atoms with Gasteiger partial charge in [0, 0.05) is 41.9 Å². The van der Waals surface area contributed by atoms with Crippen molar-refractivity contribution < 1.29 is 9.18 Å². The van der Waals surface area contributed by atoms with Gasteiger partial charge in [0.25, 0.3) is 0 Å². The fourth-order valence-corrected chi connectivity index (χ4v) is 6.03. The Kier molecular flexibility index (Phi) is 11.5. The van der Waals surface area contributed by atoms with Crippen LogP contribution in [0.4, 0.5) is 4.39 Å². The summed E-state index contributed by atoms with van der Waals surface area (Å²) >= 11 is 6.30. The highest BCUT2D eigenvalue weighted by Crippen LogP contribution is 2.43. The molecule has 1 amide bonds. The Labute approximate surface area is 245 Å². The molecule has 5 unspecified atom stereocenters. The Morgan fingerprint density at radius 3 is 2.58 bits per heavy atom. The van der Waals surface area contributed by atoms with Crippen molar-refractivity contribution in [1.29, 1.82) is 0 Å². The number of carbonyl (C=O) groups is 1. The molecule has 2 aliphatic rings. The number of nitrogens with zero attached hydrogens (tertiary/aromatic N) is 5. The molecule has 220 valence electrons. The van der Waals surface area contributed by atoms with E-state index < -0.39 is 0 Å². The first-order valence-electron chi connectivity index (χ1n) is 14.5. The summed E-state index contributed by atoms with van der Waals surface area (Å²) in [5.41, 5.74) is 1.74. The lowest BCUT2D eigenvalue weighted by molar-refractivity contribution is -0.137. The standard InChI is InChI=1S/C32H47ClFN5O/c1-9-10-13-30(34)23(5)27-19-26(37(7)8)20-28(27)32(40)38-17-11-12-25(16-18-38)31-35-24(6)36-39(31)22(4)14-15-29(33)21(2)3/h9-10,13-15,23,25-28H,4,11-12,16-20H2,1-3,5-8H3. The second-order valence-corrected chi connectivity index (χ2v) is 12.2. The highest BCUT2D eigenvalue weighted by Gasteiger charge is 2.44. The molecule has 40 heavy (non-hydrogen) atoms. The minimum atomic E-state index is -0.296. The van der Waals surface area contributed by atoms with Crippen LogP contribution in [0.15, 0.2) is 53.4 Å². The molecule has 1 saturated carbocycles. The predicted molar refractivity (Wildman–Crippen MR) is 163 cm³/mol. The summed E-state index contributed by atoms with van der Waals surface area (Å²) in [6, 6.07) is 0.274. The zero-order valence-corrected chi connectivity index (χ0v) is 26.1. The lowest BCUT2D eigenvalue weighted by Gasteiger charge is -2.29. The molecule has 6 nitrogen and oxygen atoms in total. The number of rotatable bonds is 9. The maximum Gasteiger partial charge on any atom is 0.226 e. The van der Waals surface area contributed by atoms with E-state index in [4.69, 9.17) is 16.6 Å². The summed E-state index contributed by atoms with van der Waals surface area (Å²) in [6.45, 7) is 15.2. The van der Waals surface area contributed by atoms with Crippen LogP contribution >= 0.6 is 11.6 Å². The normalized spacial score (nSPS) is 25.1. The molecule has 0 radical (unpaired) electrons. The van der Waals surface area contributed by atoms with Gasteiger partial charge in [0.15, 0.2) is 0 Å². The third kappa shape index (κ3) is 7.82. The molecule has 2 heterocycles. The van der Waals surface area contributed by atoms with Crippen molar-refractivity contribution in [2.24, 2.45) is 17.8 Å². The molecule has 3 rings (SSSR count).